The van der Waals surface area contributed by atoms with Gasteiger partial charge in [-0.3, -0.25) is 0 Å². The number of hydrogen-bond acceptors (Lipinski definition) is 1. The lowest BCUT2D eigenvalue weighted by atomic mass is 9.85. The van der Waals surface area contributed by atoms with Gasteiger partial charge in [-0.25, -0.2) is 4.39 Å². The molecule has 1 aliphatic rings. The van der Waals surface area contributed by atoms with E-state index in [0.29, 0.717) is 0 Å². The van der Waals surface area contributed by atoms with Gasteiger partial charge in [0.2, 0.25) is 0 Å². The maximum atomic E-state index is 14.5. The molecule has 0 spiro atoms. The summed E-state index contributed by atoms with van der Waals surface area (Å²) in [5.74, 6) is 0.748. The van der Waals surface area contributed by atoms with Gasteiger partial charge in [-0.1, -0.05) is 55.7 Å². The molecule has 0 amide bonds. The fourth-order valence-electron chi connectivity index (χ4n) is 3.49. The second kappa shape index (κ2) is 8.84. The zero-order valence-electron chi connectivity index (χ0n) is 15.1. The maximum Gasteiger partial charge on any atom is 0.131 e. The second-order valence-electron chi connectivity index (χ2n) is 6.75. The van der Waals surface area contributed by atoms with E-state index in [4.69, 9.17) is 4.74 Å². The van der Waals surface area contributed by atoms with Crippen molar-refractivity contribution in [1.82, 2.24) is 0 Å². The van der Waals surface area contributed by atoms with Crippen LogP contribution in [0, 0.1) is 5.82 Å². The van der Waals surface area contributed by atoms with Crippen molar-refractivity contribution in [2.75, 3.05) is 6.61 Å². The fraction of sp³-hybridized carbons (Fsp3) is 0.391. The number of unbranched alkanes of at least 4 members (excludes halogenated alkanes) is 1. The van der Waals surface area contributed by atoms with E-state index in [9.17, 15) is 4.39 Å². The number of hydrogen-bond donors (Lipinski definition) is 0. The summed E-state index contributed by atoms with van der Waals surface area (Å²) in [5.41, 5.74) is 4.28. The van der Waals surface area contributed by atoms with Crippen LogP contribution in [0.3, 0.4) is 0 Å². The normalized spacial score (nSPS) is 14.4. The molecular weight excluding hydrogens is 311 g/mol. The topological polar surface area (TPSA) is 9.23 Å². The first-order chi connectivity index (χ1) is 12.3. The van der Waals surface area contributed by atoms with Gasteiger partial charge in [0.25, 0.3) is 0 Å². The summed E-state index contributed by atoms with van der Waals surface area (Å²) >= 11 is 0. The molecule has 0 heterocycles. The van der Waals surface area contributed by atoms with Gasteiger partial charge in [-0.2, -0.15) is 0 Å². The Hall–Kier alpha value is -2.09. The van der Waals surface area contributed by atoms with Gasteiger partial charge in [-0.15, -0.1) is 0 Å². The van der Waals surface area contributed by atoms with Gasteiger partial charge >= 0.3 is 0 Å². The number of allylic oxidation sites excluding steroid dienone is 1. The number of rotatable bonds is 6. The minimum absolute atomic E-state index is 0.140. The molecule has 0 unspecified atom stereocenters. The van der Waals surface area contributed by atoms with Gasteiger partial charge in [0.05, 0.1) is 6.61 Å². The molecule has 25 heavy (non-hydrogen) atoms. The molecule has 0 bridgehead atoms. The average molecular weight is 338 g/mol. The van der Waals surface area contributed by atoms with Gasteiger partial charge in [0, 0.05) is 5.56 Å². The third-order valence-electron chi connectivity index (χ3n) is 4.86. The van der Waals surface area contributed by atoms with E-state index in [1.54, 1.807) is 12.1 Å². The lowest BCUT2D eigenvalue weighted by Gasteiger charge is -2.21. The van der Waals surface area contributed by atoms with Crippen LogP contribution in [0.2, 0.25) is 0 Å². The Kier molecular flexibility index (Phi) is 6.27. The number of benzene rings is 2. The Bertz CT molecular complexity index is 707. The highest BCUT2D eigenvalue weighted by Gasteiger charge is 2.17. The molecule has 0 aromatic heterocycles. The molecule has 2 heteroatoms. The first-order valence-electron chi connectivity index (χ1n) is 9.49. The third kappa shape index (κ3) is 4.50. The van der Waals surface area contributed by atoms with E-state index in [1.165, 1.54) is 24.8 Å². The van der Waals surface area contributed by atoms with E-state index < -0.39 is 0 Å². The molecule has 0 aliphatic heterocycles. The summed E-state index contributed by atoms with van der Waals surface area (Å²) in [4.78, 5) is 0. The standard InChI is InChI=1S/C23H27FO/c1-2-3-17-25-20-15-13-19(14-16-20)23(18-9-5-4-6-10-18)21-11-7-8-12-22(21)24/h7-8,11-16H,2-6,9-10,17H2,1H3. The quantitative estimate of drug-likeness (QED) is 0.528. The van der Waals surface area contributed by atoms with E-state index >= 15 is 0 Å². The van der Waals surface area contributed by atoms with Crippen molar-refractivity contribution in [3.63, 3.8) is 0 Å². The molecule has 0 atom stereocenters. The predicted octanol–water partition coefficient (Wildman–Crippen LogP) is 6.77. The van der Waals surface area contributed by atoms with Crippen LogP contribution in [0.4, 0.5) is 4.39 Å². The second-order valence-corrected chi connectivity index (χ2v) is 6.75. The van der Waals surface area contributed by atoms with Gasteiger partial charge in [-0.05, 0) is 61.4 Å². The van der Waals surface area contributed by atoms with E-state index in [-0.39, 0.29) is 5.82 Å². The predicted molar refractivity (Wildman–Crippen MR) is 102 cm³/mol. The lowest BCUT2D eigenvalue weighted by molar-refractivity contribution is 0.309. The van der Waals surface area contributed by atoms with Crippen molar-refractivity contribution in [3.8, 4) is 5.75 Å². The van der Waals surface area contributed by atoms with Crippen molar-refractivity contribution >= 4 is 5.57 Å². The summed E-state index contributed by atoms with van der Waals surface area (Å²) in [6.45, 7) is 2.90. The van der Waals surface area contributed by atoms with Crippen molar-refractivity contribution < 1.29 is 9.13 Å². The zero-order valence-corrected chi connectivity index (χ0v) is 15.1. The summed E-state index contributed by atoms with van der Waals surface area (Å²) in [6.07, 6.45) is 8.00. The Balaban J connectivity index is 1.94. The summed E-state index contributed by atoms with van der Waals surface area (Å²) in [5, 5.41) is 0. The average Bonchev–Trinajstić information content (AvgIpc) is 2.66. The number of ether oxygens (including phenoxy) is 1. The highest BCUT2D eigenvalue weighted by molar-refractivity contribution is 5.82. The molecule has 0 saturated heterocycles. The monoisotopic (exact) mass is 338 g/mol. The first kappa shape index (κ1) is 17.7. The molecule has 0 radical (unpaired) electrons. The molecule has 1 fully saturated rings. The molecule has 3 rings (SSSR count). The van der Waals surface area contributed by atoms with Crippen LogP contribution in [0.25, 0.3) is 5.57 Å². The van der Waals surface area contributed by atoms with Crippen molar-refractivity contribution in [3.05, 3.63) is 71.0 Å². The van der Waals surface area contributed by atoms with Crippen LogP contribution in [0.5, 0.6) is 5.75 Å². The maximum absolute atomic E-state index is 14.5. The largest absolute Gasteiger partial charge is 0.494 e. The summed E-state index contributed by atoms with van der Waals surface area (Å²) in [7, 11) is 0. The Morgan fingerprint density at radius 3 is 2.36 bits per heavy atom. The van der Waals surface area contributed by atoms with E-state index in [0.717, 1.165) is 54.7 Å². The lowest BCUT2D eigenvalue weighted by Crippen LogP contribution is -2.02. The minimum Gasteiger partial charge on any atom is -0.494 e. The third-order valence-corrected chi connectivity index (χ3v) is 4.86. The molecule has 2 aromatic carbocycles. The molecule has 1 aliphatic carbocycles. The Labute approximate surface area is 150 Å². The molecule has 0 N–H and O–H groups in total. The minimum atomic E-state index is -0.140. The van der Waals surface area contributed by atoms with Gasteiger partial charge < -0.3 is 4.74 Å². The highest BCUT2D eigenvalue weighted by atomic mass is 19.1. The highest BCUT2D eigenvalue weighted by Crippen LogP contribution is 2.36. The van der Waals surface area contributed by atoms with Gasteiger partial charge in [0.15, 0.2) is 0 Å². The van der Waals surface area contributed by atoms with E-state index in [2.05, 4.69) is 19.1 Å². The molecule has 1 nitrogen and oxygen atoms in total. The van der Waals surface area contributed by atoms with Crippen LogP contribution >= 0.6 is 0 Å². The summed E-state index contributed by atoms with van der Waals surface area (Å²) < 4.78 is 20.3. The van der Waals surface area contributed by atoms with E-state index in [1.807, 2.05) is 24.3 Å². The van der Waals surface area contributed by atoms with Crippen molar-refractivity contribution in [2.24, 2.45) is 0 Å². The fourth-order valence-corrected chi connectivity index (χ4v) is 3.49. The molecule has 132 valence electrons. The molecular formula is C23H27FO. The van der Waals surface area contributed by atoms with Gasteiger partial charge in [0.1, 0.15) is 11.6 Å². The van der Waals surface area contributed by atoms with Crippen LogP contribution in [0.15, 0.2) is 54.1 Å². The van der Waals surface area contributed by atoms with Crippen LogP contribution in [-0.2, 0) is 0 Å². The zero-order chi connectivity index (χ0) is 17.5. The Morgan fingerprint density at radius 2 is 1.68 bits per heavy atom. The van der Waals surface area contributed by atoms with Crippen LogP contribution < -0.4 is 4.74 Å². The molecule has 1 saturated carbocycles. The van der Waals surface area contributed by atoms with Crippen molar-refractivity contribution in [2.45, 2.75) is 51.9 Å². The smallest absolute Gasteiger partial charge is 0.131 e. The van der Waals surface area contributed by atoms with Crippen molar-refractivity contribution in [1.29, 1.82) is 0 Å². The SMILES string of the molecule is CCCCOc1ccc(C(=C2CCCCC2)c2ccccc2F)cc1. The molecule has 2 aromatic rings. The number of halogens is 1. The van der Waals surface area contributed by atoms with Crippen LogP contribution in [-0.4, -0.2) is 6.61 Å². The van der Waals surface area contributed by atoms with Crippen LogP contribution in [0.1, 0.15) is 63.0 Å². The Morgan fingerprint density at radius 1 is 0.960 bits per heavy atom. The summed E-state index contributed by atoms with van der Waals surface area (Å²) in [6, 6.07) is 15.3. The first-order valence-corrected chi connectivity index (χ1v) is 9.49.